The minimum atomic E-state index is 0.00252. The van der Waals surface area contributed by atoms with E-state index in [-0.39, 0.29) is 5.91 Å². The summed E-state index contributed by atoms with van der Waals surface area (Å²) >= 11 is 0. The molecule has 4 nitrogen and oxygen atoms in total. The highest BCUT2D eigenvalue weighted by Gasteiger charge is 2.19. The van der Waals surface area contributed by atoms with Gasteiger partial charge in [0.05, 0.1) is 5.52 Å². The first-order valence-corrected chi connectivity index (χ1v) is 8.50. The SMILES string of the molecule is Cc1c(CCN)c2ccccc2n1C(=O)c1ccc2c(ccn2C)c1. The van der Waals surface area contributed by atoms with Crippen LogP contribution in [0.3, 0.4) is 0 Å². The molecule has 0 aliphatic rings. The minimum absolute atomic E-state index is 0.00252. The maximum Gasteiger partial charge on any atom is 0.262 e. The lowest BCUT2D eigenvalue weighted by Crippen LogP contribution is -2.14. The van der Waals surface area contributed by atoms with Gasteiger partial charge in [0.2, 0.25) is 0 Å². The topological polar surface area (TPSA) is 52.9 Å². The van der Waals surface area contributed by atoms with Crippen LogP contribution >= 0.6 is 0 Å². The molecule has 0 amide bonds. The van der Waals surface area contributed by atoms with Crippen molar-refractivity contribution in [2.45, 2.75) is 13.3 Å². The summed E-state index contributed by atoms with van der Waals surface area (Å²) in [6, 6.07) is 16.0. The van der Waals surface area contributed by atoms with Gasteiger partial charge < -0.3 is 10.3 Å². The molecule has 25 heavy (non-hydrogen) atoms. The Labute approximate surface area is 146 Å². The van der Waals surface area contributed by atoms with Gasteiger partial charge in [-0.15, -0.1) is 0 Å². The Hall–Kier alpha value is -2.85. The molecule has 126 valence electrons. The number of carbonyl (C=O) groups excluding carboxylic acids is 1. The van der Waals surface area contributed by atoms with E-state index in [1.807, 2.05) is 67.2 Å². The number of fused-ring (bicyclic) bond motifs is 2. The second-order valence-electron chi connectivity index (χ2n) is 6.46. The summed E-state index contributed by atoms with van der Waals surface area (Å²) < 4.78 is 3.88. The van der Waals surface area contributed by atoms with Crippen LogP contribution in [0.25, 0.3) is 21.8 Å². The van der Waals surface area contributed by atoms with E-state index >= 15 is 0 Å². The molecule has 0 spiro atoms. The number of hydrogen-bond acceptors (Lipinski definition) is 2. The Balaban J connectivity index is 1.90. The summed E-state index contributed by atoms with van der Waals surface area (Å²) in [4.78, 5) is 13.3. The average Bonchev–Trinajstić information content (AvgIpc) is 3.13. The summed E-state index contributed by atoms with van der Waals surface area (Å²) in [6.45, 7) is 2.57. The summed E-state index contributed by atoms with van der Waals surface area (Å²) in [5.74, 6) is 0.00252. The molecule has 0 bridgehead atoms. The van der Waals surface area contributed by atoms with Crippen LogP contribution in [0, 0.1) is 6.92 Å². The van der Waals surface area contributed by atoms with Crippen molar-refractivity contribution >= 4 is 27.7 Å². The van der Waals surface area contributed by atoms with Crippen molar-refractivity contribution in [1.82, 2.24) is 9.13 Å². The van der Waals surface area contributed by atoms with Gasteiger partial charge in [0.25, 0.3) is 5.91 Å². The Kier molecular flexibility index (Phi) is 3.70. The first-order valence-electron chi connectivity index (χ1n) is 8.50. The molecule has 0 saturated heterocycles. The second kappa shape index (κ2) is 5.90. The van der Waals surface area contributed by atoms with E-state index < -0.39 is 0 Å². The molecule has 2 N–H and O–H groups in total. The zero-order valence-corrected chi connectivity index (χ0v) is 14.5. The van der Waals surface area contributed by atoms with Crippen LogP contribution in [0.4, 0.5) is 0 Å². The molecule has 4 heteroatoms. The molecule has 2 aromatic heterocycles. The average molecular weight is 331 g/mol. The summed E-state index contributed by atoms with van der Waals surface area (Å²) in [7, 11) is 2.01. The Morgan fingerprint density at radius 2 is 1.88 bits per heavy atom. The molecule has 4 aromatic rings. The highest BCUT2D eigenvalue weighted by Crippen LogP contribution is 2.27. The van der Waals surface area contributed by atoms with E-state index in [2.05, 4.69) is 10.6 Å². The van der Waals surface area contributed by atoms with Crippen molar-refractivity contribution < 1.29 is 4.79 Å². The van der Waals surface area contributed by atoms with Gasteiger partial charge in [0, 0.05) is 40.8 Å². The minimum Gasteiger partial charge on any atom is -0.351 e. The van der Waals surface area contributed by atoms with Gasteiger partial charge >= 0.3 is 0 Å². The van der Waals surface area contributed by atoms with E-state index in [0.717, 1.165) is 39.5 Å². The lowest BCUT2D eigenvalue weighted by atomic mass is 10.1. The van der Waals surface area contributed by atoms with Crippen LogP contribution in [0.15, 0.2) is 54.7 Å². The summed E-state index contributed by atoms with van der Waals surface area (Å²) in [5, 5.41) is 2.18. The van der Waals surface area contributed by atoms with Gasteiger partial charge in [-0.3, -0.25) is 9.36 Å². The molecule has 4 rings (SSSR count). The fraction of sp³-hybridized carbons (Fsp3) is 0.190. The van der Waals surface area contributed by atoms with Crippen LogP contribution in [0.1, 0.15) is 21.6 Å². The number of benzene rings is 2. The van der Waals surface area contributed by atoms with E-state index in [1.165, 1.54) is 0 Å². The van der Waals surface area contributed by atoms with Crippen molar-refractivity contribution in [3.8, 4) is 0 Å². The third kappa shape index (κ3) is 2.37. The van der Waals surface area contributed by atoms with Gasteiger partial charge in [0.15, 0.2) is 0 Å². The van der Waals surface area contributed by atoms with Crippen LogP contribution in [-0.4, -0.2) is 21.6 Å². The quantitative estimate of drug-likeness (QED) is 0.623. The van der Waals surface area contributed by atoms with Gasteiger partial charge in [-0.1, -0.05) is 18.2 Å². The molecule has 2 aromatic carbocycles. The van der Waals surface area contributed by atoms with Crippen molar-refractivity contribution in [3.63, 3.8) is 0 Å². The molecular weight excluding hydrogens is 310 g/mol. The van der Waals surface area contributed by atoms with Crippen molar-refractivity contribution in [2.75, 3.05) is 6.54 Å². The van der Waals surface area contributed by atoms with Gasteiger partial charge in [0.1, 0.15) is 0 Å². The standard InChI is InChI=1S/C21H21N3O/c1-14-17(9-11-22)18-5-3-4-6-20(18)24(14)21(25)16-7-8-19-15(13-16)10-12-23(19)2/h3-8,10,12-13H,9,11,22H2,1-2H3. The fourth-order valence-electron chi connectivity index (χ4n) is 3.70. The van der Waals surface area contributed by atoms with E-state index in [0.29, 0.717) is 12.1 Å². The zero-order valence-electron chi connectivity index (χ0n) is 14.5. The van der Waals surface area contributed by atoms with Crippen LogP contribution in [-0.2, 0) is 13.5 Å². The van der Waals surface area contributed by atoms with Crippen LogP contribution in [0.5, 0.6) is 0 Å². The lowest BCUT2D eigenvalue weighted by molar-refractivity contribution is 0.0963. The predicted octanol–water partition coefficient (Wildman–Crippen LogP) is 3.63. The van der Waals surface area contributed by atoms with Crippen LogP contribution in [0.2, 0.25) is 0 Å². The summed E-state index contributed by atoms with van der Waals surface area (Å²) in [6.07, 6.45) is 2.78. The Bertz CT molecular complexity index is 1100. The fourth-order valence-corrected chi connectivity index (χ4v) is 3.70. The molecular formula is C21H21N3O. The number of carbonyl (C=O) groups is 1. The third-order valence-corrected chi connectivity index (χ3v) is 4.97. The molecule has 0 aliphatic heterocycles. The van der Waals surface area contributed by atoms with Crippen molar-refractivity contribution in [1.29, 1.82) is 0 Å². The smallest absolute Gasteiger partial charge is 0.262 e. The maximum absolute atomic E-state index is 13.3. The largest absolute Gasteiger partial charge is 0.351 e. The monoisotopic (exact) mass is 331 g/mol. The highest BCUT2D eigenvalue weighted by atomic mass is 16.2. The normalized spacial score (nSPS) is 11.5. The predicted molar refractivity (Wildman–Crippen MR) is 102 cm³/mol. The molecule has 2 heterocycles. The first kappa shape index (κ1) is 15.7. The van der Waals surface area contributed by atoms with Crippen molar-refractivity contribution in [3.05, 3.63) is 71.5 Å². The number of aromatic nitrogens is 2. The molecule has 0 aliphatic carbocycles. The van der Waals surface area contributed by atoms with Crippen LogP contribution < -0.4 is 5.73 Å². The number of hydrogen-bond donors (Lipinski definition) is 1. The number of rotatable bonds is 3. The third-order valence-electron chi connectivity index (χ3n) is 4.97. The maximum atomic E-state index is 13.3. The molecule has 0 unspecified atom stereocenters. The number of aryl methyl sites for hydroxylation is 1. The van der Waals surface area contributed by atoms with E-state index in [4.69, 9.17) is 5.73 Å². The lowest BCUT2D eigenvalue weighted by Gasteiger charge is -2.08. The van der Waals surface area contributed by atoms with Gasteiger partial charge in [-0.05, 0) is 55.8 Å². The first-order chi connectivity index (χ1) is 12.1. The van der Waals surface area contributed by atoms with Crippen molar-refractivity contribution in [2.24, 2.45) is 12.8 Å². The second-order valence-corrected chi connectivity index (χ2v) is 6.46. The zero-order chi connectivity index (χ0) is 17.6. The summed E-state index contributed by atoms with van der Waals surface area (Å²) in [5.41, 5.74) is 10.7. The molecule has 0 radical (unpaired) electrons. The number of para-hydroxylation sites is 1. The van der Waals surface area contributed by atoms with E-state index in [9.17, 15) is 4.79 Å². The molecule has 0 atom stereocenters. The highest BCUT2D eigenvalue weighted by molar-refractivity contribution is 6.05. The van der Waals surface area contributed by atoms with Gasteiger partial charge in [-0.25, -0.2) is 0 Å². The number of nitrogens with zero attached hydrogens (tertiary/aromatic N) is 2. The van der Waals surface area contributed by atoms with Gasteiger partial charge in [-0.2, -0.15) is 0 Å². The molecule has 0 saturated carbocycles. The molecule has 0 fully saturated rings. The van der Waals surface area contributed by atoms with E-state index in [1.54, 1.807) is 0 Å². The Morgan fingerprint density at radius 3 is 2.68 bits per heavy atom. The number of nitrogens with two attached hydrogens (primary N) is 1. The Morgan fingerprint density at radius 1 is 1.08 bits per heavy atom.